The van der Waals surface area contributed by atoms with Crippen LogP contribution in [0.3, 0.4) is 0 Å². The van der Waals surface area contributed by atoms with Gasteiger partial charge in [0.05, 0.1) is 0 Å². The van der Waals surface area contributed by atoms with Gasteiger partial charge in [-0.25, -0.2) is 4.79 Å². The second-order valence-electron chi connectivity index (χ2n) is 8.44. The molecule has 0 bridgehead atoms. The predicted molar refractivity (Wildman–Crippen MR) is 150 cm³/mol. The van der Waals surface area contributed by atoms with Crippen molar-refractivity contribution >= 4 is 11.9 Å². The number of carbonyl (C=O) groups excluding carboxylic acids is 1. The average Bonchev–Trinajstić information content (AvgIpc) is 2.87. The SMILES string of the molecule is CC/C=C\C/C=C\C/C=C\C/C=C\C/C=C\C/C=C\CCC(=O)NC(Cc1ccc(O)c(O)c1)C(=O)O. The third-order valence-corrected chi connectivity index (χ3v) is 5.25. The first kappa shape index (κ1) is 31.2. The third kappa shape index (κ3) is 16.5. The molecule has 0 aliphatic carbocycles. The molecule has 0 fully saturated rings. The number of carboxylic acid groups (broad SMARTS) is 1. The Labute approximate surface area is 221 Å². The molecule has 4 N–H and O–H groups in total. The van der Waals surface area contributed by atoms with E-state index in [4.69, 9.17) is 0 Å². The van der Waals surface area contributed by atoms with Crippen LogP contribution in [0.25, 0.3) is 0 Å². The molecule has 0 aliphatic rings. The molecule has 0 aliphatic heterocycles. The number of aromatic hydroxyl groups is 2. The number of amides is 1. The molecule has 6 nitrogen and oxygen atoms in total. The fourth-order valence-electron chi connectivity index (χ4n) is 3.25. The van der Waals surface area contributed by atoms with Crippen molar-refractivity contribution in [2.24, 2.45) is 0 Å². The van der Waals surface area contributed by atoms with Crippen LogP contribution in [0, 0.1) is 0 Å². The summed E-state index contributed by atoms with van der Waals surface area (Å²) in [6.07, 6.45) is 31.8. The Morgan fingerprint density at radius 3 is 1.70 bits per heavy atom. The number of phenolic OH excluding ortho intramolecular Hbond substituents is 2. The fraction of sp³-hybridized carbons (Fsp3) is 0.355. The van der Waals surface area contributed by atoms with E-state index in [0.29, 0.717) is 12.0 Å². The second kappa shape index (κ2) is 20.4. The average molecular weight is 508 g/mol. The molecular weight excluding hydrogens is 466 g/mol. The highest BCUT2D eigenvalue weighted by Gasteiger charge is 2.20. The van der Waals surface area contributed by atoms with Crippen LogP contribution in [0.4, 0.5) is 0 Å². The van der Waals surface area contributed by atoms with Crippen LogP contribution in [0.1, 0.15) is 63.9 Å². The maximum atomic E-state index is 12.1. The summed E-state index contributed by atoms with van der Waals surface area (Å²) < 4.78 is 0. The Hall–Kier alpha value is -3.80. The molecule has 1 amide bonds. The lowest BCUT2D eigenvalue weighted by Gasteiger charge is -2.14. The highest BCUT2D eigenvalue weighted by atomic mass is 16.4. The molecule has 1 aromatic rings. The second-order valence-corrected chi connectivity index (χ2v) is 8.44. The van der Waals surface area contributed by atoms with Crippen LogP contribution in [0.2, 0.25) is 0 Å². The Kier molecular flexibility index (Phi) is 17.2. The fourth-order valence-corrected chi connectivity index (χ4v) is 3.25. The molecule has 200 valence electrons. The quantitative estimate of drug-likeness (QED) is 0.131. The van der Waals surface area contributed by atoms with Gasteiger partial charge in [-0.15, -0.1) is 0 Å². The molecule has 1 unspecified atom stereocenters. The molecule has 37 heavy (non-hydrogen) atoms. The summed E-state index contributed by atoms with van der Waals surface area (Å²) in [5, 5.41) is 30.8. The van der Waals surface area contributed by atoms with Gasteiger partial charge in [-0.1, -0.05) is 85.9 Å². The Morgan fingerprint density at radius 1 is 0.757 bits per heavy atom. The van der Waals surface area contributed by atoms with Gasteiger partial charge < -0.3 is 20.6 Å². The van der Waals surface area contributed by atoms with Gasteiger partial charge in [-0.2, -0.15) is 0 Å². The van der Waals surface area contributed by atoms with Gasteiger partial charge in [-0.05, 0) is 62.6 Å². The van der Waals surface area contributed by atoms with Crippen molar-refractivity contribution in [3.63, 3.8) is 0 Å². The molecule has 0 aromatic heterocycles. The van der Waals surface area contributed by atoms with Crippen LogP contribution >= 0.6 is 0 Å². The van der Waals surface area contributed by atoms with Gasteiger partial charge in [-0.3, -0.25) is 4.79 Å². The molecule has 1 aromatic carbocycles. The topological polar surface area (TPSA) is 107 Å². The monoisotopic (exact) mass is 507 g/mol. The van der Waals surface area contributed by atoms with Crippen molar-refractivity contribution < 1.29 is 24.9 Å². The van der Waals surface area contributed by atoms with Crippen LogP contribution in [-0.2, 0) is 16.0 Å². The minimum absolute atomic E-state index is 0.00875. The van der Waals surface area contributed by atoms with Gasteiger partial charge in [0.2, 0.25) is 5.91 Å². The summed E-state index contributed by atoms with van der Waals surface area (Å²) in [5.41, 5.74) is 0.500. The van der Waals surface area contributed by atoms with Crippen LogP contribution in [-0.4, -0.2) is 33.2 Å². The van der Waals surface area contributed by atoms with Crippen molar-refractivity contribution in [1.82, 2.24) is 5.32 Å². The lowest BCUT2D eigenvalue weighted by atomic mass is 10.0. The maximum absolute atomic E-state index is 12.1. The zero-order valence-corrected chi connectivity index (χ0v) is 21.8. The highest BCUT2D eigenvalue weighted by molar-refractivity contribution is 5.83. The smallest absolute Gasteiger partial charge is 0.326 e. The number of phenols is 2. The number of nitrogens with one attached hydrogen (secondary N) is 1. The summed E-state index contributed by atoms with van der Waals surface area (Å²) in [4.78, 5) is 23.6. The zero-order valence-electron chi connectivity index (χ0n) is 21.8. The Morgan fingerprint density at radius 2 is 1.24 bits per heavy atom. The number of hydrogen-bond acceptors (Lipinski definition) is 4. The molecule has 0 heterocycles. The Bertz CT molecular complexity index is 985. The maximum Gasteiger partial charge on any atom is 0.326 e. The molecule has 0 saturated heterocycles. The first-order valence-corrected chi connectivity index (χ1v) is 12.9. The lowest BCUT2D eigenvalue weighted by Crippen LogP contribution is -2.42. The number of rotatable bonds is 18. The predicted octanol–water partition coefficient (Wildman–Crippen LogP) is 6.69. The van der Waals surface area contributed by atoms with Crippen molar-refractivity contribution in [3.8, 4) is 11.5 Å². The van der Waals surface area contributed by atoms with Crippen LogP contribution in [0.5, 0.6) is 11.5 Å². The van der Waals surface area contributed by atoms with Gasteiger partial charge in [0, 0.05) is 12.8 Å². The number of allylic oxidation sites excluding steroid dienone is 12. The summed E-state index contributed by atoms with van der Waals surface area (Å²) in [6, 6.07) is 2.97. The summed E-state index contributed by atoms with van der Waals surface area (Å²) in [7, 11) is 0. The number of hydrogen-bond donors (Lipinski definition) is 4. The van der Waals surface area contributed by atoms with Gasteiger partial charge >= 0.3 is 5.97 Å². The molecule has 0 saturated carbocycles. The van der Waals surface area contributed by atoms with E-state index in [-0.39, 0.29) is 30.2 Å². The van der Waals surface area contributed by atoms with Crippen molar-refractivity contribution in [2.75, 3.05) is 0 Å². The van der Waals surface area contributed by atoms with Crippen LogP contribution in [0.15, 0.2) is 91.1 Å². The molecule has 6 heteroatoms. The van der Waals surface area contributed by atoms with Crippen molar-refractivity contribution in [2.45, 2.75) is 70.8 Å². The summed E-state index contributed by atoms with van der Waals surface area (Å²) in [5.74, 6) is -2.12. The number of benzene rings is 1. The van der Waals surface area contributed by atoms with Crippen molar-refractivity contribution in [3.05, 3.63) is 96.7 Å². The lowest BCUT2D eigenvalue weighted by molar-refractivity contribution is -0.141. The van der Waals surface area contributed by atoms with Gasteiger partial charge in [0.25, 0.3) is 0 Å². The largest absolute Gasteiger partial charge is 0.504 e. The molecule has 1 rings (SSSR count). The van der Waals surface area contributed by atoms with E-state index in [9.17, 15) is 24.9 Å². The zero-order chi connectivity index (χ0) is 27.1. The number of aliphatic carboxylic acids is 1. The first-order valence-electron chi connectivity index (χ1n) is 12.9. The molecule has 0 radical (unpaired) electrons. The van der Waals surface area contributed by atoms with E-state index in [2.05, 4.69) is 73.0 Å². The number of carboxylic acids is 1. The van der Waals surface area contributed by atoms with E-state index in [1.165, 1.54) is 18.2 Å². The normalized spacial score (nSPS) is 13.2. The van der Waals surface area contributed by atoms with E-state index < -0.39 is 12.0 Å². The molecular formula is C31H41NO5. The van der Waals surface area contributed by atoms with Gasteiger partial charge in [0.1, 0.15) is 6.04 Å². The molecule has 1 atom stereocenters. The third-order valence-electron chi connectivity index (χ3n) is 5.25. The first-order chi connectivity index (χ1) is 17.9. The molecule has 0 spiro atoms. The number of carbonyl (C=O) groups is 2. The van der Waals surface area contributed by atoms with E-state index in [1.807, 2.05) is 12.2 Å². The van der Waals surface area contributed by atoms with E-state index in [0.717, 1.165) is 38.5 Å². The Balaban J connectivity index is 2.17. The minimum Gasteiger partial charge on any atom is -0.504 e. The summed E-state index contributed by atoms with van der Waals surface area (Å²) >= 11 is 0. The minimum atomic E-state index is -1.16. The van der Waals surface area contributed by atoms with Gasteiger partial charge in [0.15, 0.2) is 11.5 Å². The highest BCUT2D eigenvalue weighted by Crippen LogP contribution is 2.25. The van der Waals surface area contributed by atoms with E-state index in [1.54, 1.807) is 0 Å². The van der Waals surface area contributed by atoms with Crippen molar-refractivity contribution in [1.29, 1.82) is 0 Å². The standard InChI is InChI=1S/C31H41NO5/c1-2-3-4-5-6-7-8-9-10-11-12-13-14-15-16-17-18-19-20-21-30(35)32-27(31(36)37)24-26-22-23-28(33)29(34)25-26/h3-4,6-7,9-10,12-13,15-16,18-19,22-23,25,27,33-34H,2,5,8,11,14,17,20-21,24H2,1H3,(H,32,35)(H,36,37)/b4-3-,7-6-,10-9-,13-12-,16-15-,19-18-. The summed E-state index contributed by atoms with van der Waals surface area (Å²) in [6.45, 7) is 2.14. The van der Waals surface area contributed by atoms with E-state index >= 15 is 0 Å². The van der Waals surface area contributed by atoms with Crippen LogP contribution < -0.4 is 5.32 Å².